The van der Waals surface area contributed by atoms with E-state index in [-0.39, 0.29) is 10.5 Å². The van der Waals surface area contributed by atoms with Gasteiger partial charge in [0.05, 0.1) is 4.90 Å². The molecule has 146 valence electrons. The highest BCUT2D eigenvalue weighted by atomic mass is 32.2. The van der Waals surface area contributed by atoms with Crippen LogP contribution >= 0.6 is 0 Å². The zero-order valence-electron chi connectivity index (χ0n) is 15.8. The van der Waals surface area contributed by atoms with Crippen LogP contribution < -0.4 is 5.32 Å². The number of carbonyl (C=O) groups is 2. The lowest BCUT2D eigenvalue weighted by atomic mass is 10.1. The standard InChI is InChI=1S/C18H28N2O5S/c1-5-8-9-15(18(22)23)19-17(21)14-11-10-13(4)16(12-14)26(24,25)20(6-2)7-3/h10-12,15H,5-9H2,1-4H3,(H,19,21)(H,22,23)/t15-/m0/s1. The number of sulfonamides is 1. The van der Waals surface area contributed by atoms with E-state index in [1.807, 2.05) is 6.92 Å². The lowest BCUT2D eigenvalue weighted by Gasteiger charge is -2.20. The molecule has 0 fully saturated rings. The van der Waals surface area contributed by atoms with Crippen LogP contribution in [0.25, 0.3) is 0 Å². The third kappa shape index (κ3) is 5.28. The number of aliphatic carboxylic acids is 1. The molecule has 0 heterocycles. The Morgan fingerprint density at radius 3 is 2.31 bits per heavy atom. The monoisotopic (exact) mass is 384 g/mol. The maximum atomic E-state index is 12.8. The topological polar surface area (TPSA) is 104 Å². The minimum atomic E-state index is -3.71. The fourth-order valence-electron chi connectivity index (χ4n) is 2.63. The molecular formula is C18H28N2O5S. The second kappa shape index (κ2) is 9.68. The third-order valence-corrected chi connectivity index (χ3v) is 6.42. The van der Waals surface area contributed by atoms with Gasteiger partial charge in [0.1, 0.15) is 6.04 Å². The smallest absolute Gasteiger partial charge is 0.326 e. The number of carboxylic acids is 1. The molecule has 0 spiro atoms. The molecule has 0 unspecified atom stereocenters. The molecular weight excluding hydrogens is 356 g/mol. The Bertz CT molecular complexity index is 742. The van der Waals surface area contributed by atoms with Crippen LogP contribution in [0.1, 0.15) is 56.0 Å². The molecule has 0 bridgehead atoms. The summed E-state index contributed by atoms with van der Waals surface area (Å²) in [7, 11) is -3.71. The lowest BCUT2D eigenvalue weighted by Crippen LogP contribution is -2.40. The number of rotatable bonds is 10. The van der Waals surface area contributed by atoms with E-state index in [4.69, 9.17) is 0 Å². The van der Waals surface area contributed by atoms with E-state index in [0.29, 0.717) is 31.5 Å². The van der Waals surface area contributed by atoms with E-state index < -0.39 is 27.9 Å². The second-order valence-electron chi connectivity index (χ2n) is 6.08. The van der Waals surface area contributed by atoms with Gasteiger partial charge in [-0.15, -0.1) is 0 Å². The molecule has 1 aromatic rings. The Kier molecular flexibility index (Phi) is 8.23. The number of nitrogens with one attached hydrogen (secondary N) is 1. The van der Waals surface area contributed by atoms with Gasteiger partial charge in [0.15, 0.2) is 0 Å². The first-order chi connectivity index (χ1) is 12.2. The van der Waals surface area contributed by atoms with E-state index in [2.05, 4.69) is 5.32 Å². The van der Waals surface area contributed by atoms with Crippen molar-refractivity contribution in [2.24, 2.45) is 0 Å². The predicted molar refractivity (Wildman–Crippen MR) is 99.7 cm³/mol. The summed E-state index contributed by atoms with van der Waals surface area (Å²) < 4.78 is 26.8. The van der Waals surface area contributed by atoms with E-state index >= 15 is 0 Å². The molecule has 0 saturated carbocycles. The van der Waals surface area contributed by atoms with Crippen molar-refractivity contribution in [3.8, 4) is 0 Å². The van der Waals surface area contributed by atoms with Gasteiger partial charge in [0.25, 0.3) is 5.91 Å². The van der Waals surface area contributed by atoms with Gasteiger partial charge in [-0.05, 0) is 31.0 Å². The number of carboxylic acid groups (broad SMARTS) is 1. The third-order valence-electron chi connectivity index (χ3n) is 4.22. The minimum absolute atomic E-state index is 0.0642. The summed E-state index contributed by atoms with van der Waals surface area (Å²) in [6.45, 7) is 7.75. The number of aryl methyl sites for hydroxylation is 1. The van der Waals surface area contributed by atoms with Crippen molar-refractivity contribution in [1.29, 1.82) is 0 Å². The first-order valence-corrected chi connectivity index (χ1v) is 10.3. The normalized spacial score (nSPS) is 12.8. The molecule has 7 nitrogen and oxygen atoms in total. The van der Waals surface area contributed by atoms with Crippen molar-refractivity contribution in [3.05, 3.63) is 29.3 Å². The van der Waals surface area contributed by atoms with Crippen molar-refractivity contribution in [3.63, 3.8) is 0 Å². The minimum Gasteiger partial charge on any atom is -0.480 e. The van der Waals surface area contributed by atoms with Gasteiger partial charge in [-0.3, -0.25) is 4.79 Å². The fourth-order valence-corrected chi connectivity index (χ4v) is 4.34. The highest BCUT2D eigenvalue weighted by Crippen LogP contribution is 2.21. The van der Waals surface area contributed by atoms with Crippen molar-refractivity contribution in [2.45, 2.75) is 57.9 Å². The molecule has 1 amide bonds. The lowest BCUT2D eigenvalue weighted by molar-refractivity contribution is -0.139. The zero-order valence-corrected chi connectivity index (χ0v) is 16.6. The van der Waals surface area contributed by atoms with Gasteiger partial charge >= 0.3 is 5.97 Å². The zero-order chi connectivity index (χ0) is 19.9. The molecule has 1 aromatic carbocycles. The fraction of sp³-hybridized carbons (Fsp3) is 0.556. The Balaban J connectivity index is 3.16. The van der Waals surface area contributed by atoms with Crippen LogP contribution in [0.15, 0.2) is 23.1 Å². The van der Waals surface area contributed by atoms with Crippen molar-refractivity contribution < 1.29 is 23.1 Å². The Morgan fingerprint density at radius 2 is 1.81 bits per heavy atom. The SMILES string of the molecule is CCCC[C@H](NC(=O)c1ccc(C)c(S(=O)(=O)N(CC)CC)c1)C(=O)O. The number of hydrogen-bond donors (Lipinski definition) is 2. The van der Waals surface area contributed by atoms with Crippen molar-refractivity contribution >= 4 is 21.9 Å². The van der Waals surface area contributed by atoms with Gasteiger partial charge in [0.2, 0.25) is 10.0 Å². The molecule has 1 atom stereocenters. The molecule has 2 N–H and O–H groups in total. The summed E-state index contributed by atoms with van der Waals surface area (Å²) >= 11 is 0. The Morgan fingerprint density at radius 1 is 1.19 bits per heavy atom. The van der Waals surface area contributed by atoms with Gasteiger partial charge in [-0.2, -0.15) is 4.31 Å². The molecule has 0 saturated heterocycles. The quantitative estimate of drug-likeness (QED) is 0.645. The van der Waals surface area contributed by atoms with Crippen molar-refractivity contribution in [1.82, 2.24) is 9.62 Å². The number of amides is 1. The molecule has 0 aliphatic rings. The molecule has 0 aliphatic carbocycles. The van der Waals surface area contributed by atoms with Gasteiger partial charge < -0.3 is 10.4 Å². The van der Waals surface area contributed by atoms with E-state index in [1.54, 1.807) is 26.8 Å². The largest absolute Gasteiger partial charge is 0.480 e. The maximum absolute atomic E-state index is 12.8. The number of hydrogen-bond acceptors (Lipinski definition) is 4. The first kappa shape index (κ1) is 22.1. The van der Waals surface area contributed by atoms with Crippen LogP contribution in [0.4, 0.5) is 0 Å². The average Bonchev–Trinajstić information content (AvgIpc) is 2.59. The van der Waals surface area contributed by atoms with E-state index in [1.165, 1.54) is 16.4 Å². The summed E-state index contributed by atoms with van der Waals surface area (Å²) in [5.41, 5.74) is 0.665. The molecule has 0 aromatic heterocycles. The van der Waals surface area contributed by atoms with Crippen LogP contribution in [0, 0.1) is 6.92 Å². The van der Waals surface area contributed by atoms with Gasteiger partial charge in [-0.1, -0.05) is 39.7 Å². The van der Waals surface area contributed by atoms with Crippen molar-refractivity contribution in [2.75, 3.05) is 13.1 Å². The van der Waals surface area contributed by atoms with Gasteiger partial charge in [0, 0.05) is 18.7 Å². The maximum Gasteiger partial charge on any atom is 0.326 e. The summed E-state index contributed by atoms with van der Waals surface area (Å²) in [4.78, 5) is 23.8. The first-order valence-electron chi connectivity index (χ1n) is 8.83. The Hall–Kier alpha value is -1.93. The molecule has 0 aliphatic heterocycles. The summed E-state index contributed by atoms with van der Waals surface area (Å²) in [6, 6.07) is 3.39. The van der Waals surface area contributed by atoms with Crippen LogP contribution in [0.2, 0.25) is 0 Å². The van der Waals surface area contributed by atoms with Crippen LogP contribution in [-0.2, 0) is 14.8 Å². The second-order valence-corrected chi connectivity index (χ2v) is 7.98. The average molecular weight is 384 g/mol. The predicted octanol–water partition coefficient (Wildman–Crippen LogP) is 2.40. The summed E-state index contributed by atoms with van der Waals surface area (Å²) in [5.74, 6) is -1.70. The summed E-state index contributed by atoms with van der Waals surface area (Å²) in [5, 5.41) is 11.7. The molecule has 0 radical (unpaired) electrons. The number of unbranched alkanes of at least 4 members (excludes halogenated alkanes) is 1. The molecule has 1 rings (SSSR count). The number of benzene rings is 1. The molecule has 8 heteroatoms. The van der Waals surface area contributed by atoms with Gasteiger partial charge in [-0.25, -0.2) is 13.2 Å². The van der Waals surface area contributed by atoms with E-state index in [0.717, 1.165) is 6.42 Å². The van der Waals surface area contributed by atoms with Crippen LogP contribution in [0.3, 0.4) is 0 Å². The van der Waals surface area contributed by atoms with E-state index in [9.17, 15) is 23.1 Å². The Labute approximate surface area is 155 Å². The highest BCUT2D eigenvalue weighted by molar-refractivity contribution is 7.89. The molecule has 26 heavy (non-hydrogen) atoms. The highest BCUT2D eigenvalue weighted by Gasteiger charge is 2.26. The summed E-state index contributed by atoms with van der Waals surface area (Å²) in [6.07, 6.45) is 1.82. The van der Waals surface area contributed by atoms with Crippen LogP contribution in [-0.4, -0.2) is 48.8 Å². The van der Waals surface area contributed by atoms with Crippen LogP contribution in [0.5, 0.6) is 0 Å². The number of nitrogens with zero attached hydrogens (tertiary/aromatic N) is 1. The number of carbonyl (C=O) groups excluding carboxylic acids is 1.